The second-order valence-corrected chi connectivity index (χ2v) is 6.82. The average molecular weight is 398 g/mol. The molecule has 1 heterocycles. The summed E-state index contributed by atoms with van der Waals surface area (Å²) in [6.07, 6.45) is -0.929. The van der Waals surface area contributed by atoms with E-state index < -0.39 is 18.0 Å². The summed E-state index contributed by atoms with van der Waals surface area (Å²) in [5.74, 6) is -0.381. The van der Waals surface area contributed by atoms with Gasteiger partial charge in [0.15, 0.2) is 12.7 Å². The van der Waals surface area contributed by atoms with Crippen LogP contribution in [0.1, 0.15) is 12.5 Å². The number of benzene rings is 2. The zero-order chi connectivity index (χ0) is 20.6. The number of rotatable bonds is 7. The van der Waals surface area contributed by atoms with Gasteiger partial charge in [-0.2, -0.15) is 0 Å². The van der Waals surface area contributed by atoms with Crippen LogP contribution in [0.2, 0.25) is 0 Å². The van der Waals surface area contributed by atoms with Gasteiger partial charge in [-0.25, -0.2) is 4.79 Å². The summed E-state index contributed by atoms with van der Waals surface area (Å²) in [5, 5.41) is 2.76. The third kappa shape index (κ3) is 5.96. The minimum Gasteiger partial charge on any atom is -0.482 e. The van der Waals surface area contributed by atoms with Crippen LogP contribution in [-0.2, 0) is 19.1 Å². The van der Waals surface area contributed by atoms with Crippen LogP contribution in [0.5, 0.6) is 5.75 Å². The lowest BCUT2D eigenvalue weighted by Gasteiger charge is -2.28. The Labute approximate surface area is 170 Å². The van der Waals surface area contributed by atoms with Gasteiger partial charge in [0, 0.05) is 24.5 Å². The van der Waals surface area contributed by atoms with Crippen LogP contribution in [0.3, 0.4) is 0 Å². The van der Waals surface area contributed by atoms with Crippen LogP contribution in [0, 0.1) is 6.92 Å². The van der Waals surface area contributed by atoms with E-state index in [1.165, 1.54) is 6.92 Å². The van der Waals surface area contributed by atoms with E-state index in [1.807, 2.05) is 49.4 Å². The van der Waals surface area contributed by atoms with Gasteiger partial charge in [-0.05, 0) is 49.7 Å². The number of carbonyl (C=O) groups excluding carboxylic acids is 2. The summed E-state index contributed by atoms with van der Waals surface area (Å²) >= 11 is 0. The van der Waals surface area contributed by atoms with E-state index in [2.05, 4.69) is 10.2 Å². The van der Waals surface area contributed by atoms with E-state index in [0.717, 1.165) is 37.6 Å². The van der Waals surface area contributed by atoms with E-state index in [0.29, 0.717) is 11.4 Å². The van der Waals surface area contributed by atoms with Gasteiger partial charge in [0.25, 0.3) is 5.91 Å². The number of ether oxygens (including phenoxy) is 3. The van der Waals surface area contributed by atoms with Crippen LogP contribution in [0.25, 0.3) is 0 Å². The minimum absolute atomic E-state index is 0.253. The molecule has 0 bridgehead atoms. The second-order valence-electron chi connectivity index (χ2n) is 6.82. The zero-order valence-electron chi connectivity index (χ0n) is 16.7. The second kappa shape index (κ2) is 9.93. The number of morpholine rings is 1. The average Bonchev–Trinajstić information content (AvgIpc) is 2.74. The third-order valence-electron chi connectivity index (χ3n) is 4.63. The SMILES string of the molecule is Cc1ccccc1OCC(=O)OC(C)C(=O)Nc1ccc(N2CCOCC2)cc1. The molecule has 1 fully saturated rings. The summed E-state index contributed by atoms with van der Waals surface area (Å²) < 4.78 is 16.0. The lowest BCUT2D eigenvalue weighted by atomic mass is 10.2. The Bertz CT molecular complexity index is 831. The molecule has 2 aromatic carbocycles. The number of aryl methyl sites for hydroxylation is 1. The van der Waals surface area contributed by atoms with Gasteiger partial charge < -0.3 is 24.4 Å². The molecule has 0 aromatic heterocycles. The first kappa shape index (κ1) is 20.7. The molecule has 154 valence electrons. The molecule has 7 heteroatoms. The summed E-state index contributed by atoms with van der Waals surface area (Å²) in [7, 11) is 0. The van der Waals surface area contributed by atoms with Crippen molar-refractivity contribution in [2.75, 3.05) is 43.1 Å². The molecule has 1 aliphatic rings. The first-order valence-electron chi connectivity index (χ1n) is 9.64. The largest absolute Gasteiger partial charge is 0.482 e. The standard InChI is InChI=1S/C22H26N2O5/c1-16-5-3-4-6-20(16)28-15-21(25)29-17(2)22(26)23-18-7-9-19(10-8-18)24-11-13-27-14-12-24/h3-10,17H,11-15H2,1-2H3,(H,23,26). The molecule has 0 aliphatic carbocycles. The summed E-state index contributed by atoms with van der Waals surface area (Å²) in [5.41, 5.74) is 2.65. The molecule has 0 saturated carbocycles. The van der Waals surface area contributed by atoms with E-state index in [4.69, 9.17) is 14.2 Å². The number of carbonyl (C=O) groups is 2. The molecular weight excluding hydrogens is 372 g/mol. The fourth-order valence-corrected chi connectivity index (χ4v) is 2.96. The maximum Gasteiger partial charge on any atom is 0.344 e. The van der Waals surface area contributed by atoms with Crippen LogP contribution >= 0.6 is 0 Å². The molecule has 0 spiro atoms. The highest BCUT2D eigenvalue weighted by atomic mass is 16.6. The molecule has 7 nitrogen and oxygen atoms in total. The molecule has 3 rings (SSSR count). The number of amides is 1. The van der Waals surface area contributed by atoms with E-state index >= 15 is 0 Å². The van der Waals surface area contributed by atoms with Crippen LogP contribution in [0.15, 0.2) is 48.5 Å². The molecule has 29 heavy (non-hydrogen) atoms. The molecule has 1 unspecified atom stereocenters. The van der Waals surface area contributed by atoms with Crippen molar-refractivity contribution in [1.29, 1.82) is 0 Å². The normalized spacial score (nSPS) is 14.8. The van der Waals surface area contributed by atoms with Gasteiger partial charge in [0.2, 0.25) is 0 Å². The third-order valence-corrected chi connectivity index (χ3v) is 4.63. The molecule has 0 radical (unpaired) electrons. The van der Waals surface area contributed by atoms with Crippen molar-refractivity contribution in [3.63, 3.8) is 0 Å². The maximum absolute atomic E-state index is 12.3. The Balaban J connectivity index is 1.45. The van der Waals surface area contributed by atoms with Crippen molar-refractivity contribution in [3.05, 3.63) is 54.1 Å². The van der Waals surface area contributed by atoms with Crippen molar-refractivity contribution in [1.82, 2.24) is 0 Å². The van der Waals surface area contributed by atoms with Crippen molar-refractivity contribution in [3.8, 4) is 5.75 Å². The molecule has 1 atom stereocenters. The van der Waals surface area contributed by atoms with Gasteiger partial charge in [0.1, 0.15) is 5.75 Å². The molecule has 1 N–H and O–H groups in total. The number of nitrogens with zero attached hydrogens (tertiary/aromatic N) is 1. The predicted molar refractivity (Wildman–Crippen MR) is 110 cm³/mol. The van der Waals surface area contributed by atoms with Gasteiger partial charge in [0.05, 0.1) is 13.2 Å². The van der Waals surface area contributed by atoms with E-state index in [1.54, 1.807) is 6.07 Å². The lowest BCUT2D eigenvalue weighted by molar-refractivity contribution is -0.155. The van der Waals surface area contributed by atoms with Crippen LogP contribution in [0.4, 0.5) is 11.4 Å². The minimum atomic E-state index is -0.929. The number of anilines is 2. The predicted octanol–water partition coefficient (Wildman–Crippen LogP) is 2.78. The topological polar surface area (TPSA) is 77.1 Å². The smallest absolute Gasteiger partial charge is 0.344 e. The van der Waals surface area contributed by atoms with Gasteiger partial charge >= 0.3 is 5.97 Å². The summed E-state index contributed by atoms with van der Waals surface area (Å²) in [6, 6.07) is 15.0. The maximum atomic E-state index is 12.3. The van der Waals surface area contributed by atoms with Gasteiger partial charge in [-0.3, -0.25) is 4.79 Å². The molecule has 2 aromatic rings. The highest BCUT2D eigenvalue weighted by Gasteiger charge is 2.19. The Morgan fingerprint density at radius 2 is 1.79 bits per heavy atom. The molecular formula is C22H26N2O5. The monoisotopic (exact) mass is 398 g/mol. The summed E-state index contributed by atoms with van der Waals surface area (Å²) in [4.78, 5) is 26.5. The Hall–Kier alpha value is -3.06. The fraction of sp³-hybridized carbons (Fsp3) is 0.364. The van der Waals surface area contributed by atoms with Crippen molar-refractivity contribution in [2.24, 2.45) is 0 Å². The highest BCUT2D eigenvalue weighted by molar-refractivity contribution is 5.95. The quantitative estimate of drug-likeness (QED) is 0.723. The number of esters is 1. The lowest BCUT2D eigenvalue weighted by Crippen LogP contribution is -2.36. The van der Waals surface area contributed by atoms with Crippen molar-refractivity contribution in [2.45, 2.75) is 20.0 Å². The van der Waals surface area contributed by atoms with Gasteiger partial charge in [-0.15, -0.1) is 0 Å². The molecule has 1 amide bonds. The number of para-hydroxylation sites is 1. The van der Waals surface area contributed by atoms with Crippen molar-refractivity contribution < 1.29 is 23.8 Å². The summed E-state index contributed by atoms with van der Waals surface area (Å²) in [6.45, 7) is 6.30. The zero-order valence-corrected chi connectivity index (χ0v) is 16.7. The Morgan fingerprint density at radius 1 is 1.10 bits per heavy atom. The van der Waals surface area contributed by atoms with E-state index in [-0.39, 0.29) is 6.61 Å². The first-order chi connectivity index (χ1) is 14.0. The Kier molecular flexibility index (Phi) is 7.08. The molecule has 1 aliphatic heterocycles. The van der Waals surface area contributed by atoms with Crippen LogP contribution in [-0.4, -0.2) is 50.9 Å². The first-order valence-corrected chi connectivity index (χ1v) is 9.64. The molecule has 1 saturated heterocycles. The fourth-order valence-electron chi connectivity index (χ4n) is 2.96. The van der Waals surface area contributed by atoms with Crippen LogP contribution < -0.4 is 15.0 Å². The highest BCUT2D eigenvalue weighted by Crippen LogP contribution is 2.19. The van der Waals surface area contributed by atoms with Crippen molar-refractivity contribution >= 4 is 23.3 Å². The number of nitrogens with one attached hydrogen (secondary N) is 1. The number of hydrogen-bond acceptors (Lipinski definition) is 6. The van der Waals surface area contributed by atoms with E-state index in [9.17, 15) is 9.59 Å². The Morgan fingerprint density at radius 3 is 2.48 bits per heavy atom. The number of hydrogen-bond donors (Lipinski definition) is 1. The van der Waals surface area contributed by atoms with Gasteiger partial charge in [-0.1, -0.05) is 18.2 Å².